The molecule has 0 saturated carbocycles. The fraction of sp³-hybridized carbons (Fsp3) is 0.455. The van der Waals surface area contributed by atoms with Crippen LogP contribution < -0.4 is 0 Å². The molecule has 0 saturated heterocycles. The Bertz CT molecular complexity index is 223. The molecule has 12 heavy (non-hydrogen) atoms. The first-order chi connectivity index (χ1) is 5.70. The third-order valence-corrected chi connectivity index (χ3v) is 2.18. The molecule has 1 atom stereocenters. The van der Waals surface area contributed by atoms with Crippen LogP contribution in [0.2, 0.25) is 0 Å². The molecule has 1 heteroatoms. The molecule has 0 radical (unpaired) electrons. The molecule has 0 fully saturated rings. The highest BCUT2D eigenvalue weighted by Gasteiger charge is 2.00. The molecule has 0 N–H and O–H groups in total. The molecular weight excluding hydrogens is 146 g/mol. The van der Waals surface area contributed by atoms with Crippen molar-refractivity contribution in [3.8, 4) is 0 Å². The van der Waals surface area contributed by atoms with Crippen molar-refractivity contribution in [3.05, 3.63) is 36.1 Å². The molecule has 0 aromatic heterocycles. The fourth-order valence-corrected chi connectivity index (χ4v) is 1.21. The topological polar surface area (TPSA) is 3.24 Å². The van der Waals surface area contributed by atoms with E-state index >= 15 is 0 Å². The van der Waals surface area contributed by atoms with Crippen LogP contribution in [0.25, 0.3) is 0 Å². The molecule has 1 rings (SSSR count). The summed E-state index contributed by atoms with van der Waals surface area (Å²) in [5, 5.41) is 0. The fourth-order valence-electron chi connectivity index (χ4n) is 1.21. The van der Waals surface area contributed by atoms with Crippen LogP contribution in [0.3, 0.4) is 0 Å². The third-order valence-electron chi connectivity index (χ3n) is 2.18. The first-order valence-corrected chi connectivity index (χ1v) is 4.42. The molecule has 1 nitrogen and oxygen atoms in total. The van der Waals surface area contributed by atoms with E-state index in [0.717, 1.165) is 6.54 Å². The van der Waals surface area contributed by atoms with Gasteiger partial charge in [-0.1, -0.05) is 36.8 Å². The quantitative estimate of drug-likeness (QED) is 0.530. The molecule has 0 spiro atoms. The zero-order chi connectivity index (χ0) is 8.97. The van der Waals surface area contributed by atoms with Gasteiger partial charge in [0.1, 0.15) is 0 Å². The van der Waals surface area contributed by atoms with E-state index in [1.54, 1.807) is 0 Å². The van der Waals surface area contributed by atoms with Crippen molar-refractivity contribution < 1.29 is 0 Å². The summed E-state index contributed by atoms with van der Waals surface area (Å²) in [6.07, 6.45) is 10.8. The van der Waals surface area contributed by atoms with Crippen LogP contribution in [0.4, 0.5) is 0 Å². The van der Waals surface area contributed by atoms with Crippen molar-refractivity contribution in [1.82, 2.24) is 4.90 Å². The molecule has 1 aliphatic rings. The van der Waals surface area contributed by atoms with Crippen LogP contribution in [0.1, 0.15) is 13.8 Å². The minimum Gasteiger partial charge on any atom is -0.377 e. The Morgan fingerprint density at radius 3 is 2.92 bits per heavy atom. The number of allylic oxidation sites excluding steroid dienone is 4. The lowest BCUT2D eigenvalue weighted by Crippen LogP contribution is -2.11. The Labute approximate surface area is 75.1 Å². The van der Waals surface area contributed by atoms with Crippen molar-refractivity contribution in [2.24, 2.45) is 5.92 Å². The van der Waals surface area contributed by atoms with E-state index in [-0.39, 0.29) is 0 Å². The van der Waals surface area contributed by atoms with Gasteiger partial charge in [-0.3, -0.25) is 0 Å². The molecular formula is C11H17N. The van der Waals surface area contributed by atoms with Gasteiger partial charge in [-0.15, -0.1) is 0 Å². The number of rotatable bonds is 0. The maximum Gasteiger partial charge on any atom is 0.0353 e. The van der Waals surface area contributed by atoms with Gasteiger partial charge in [-0.2, -0.15) is 0 Å². The Morgan fingerprint density at radius 2 is 2.17 bits per heavy atom. The van der Waals surface area contributed by atoms with E-state index in [0.29, 0.717) is 5.92 Å². The smallest absolute Gasteiger partial charge is 0.0353 e. The van der Waals surface area contributed by atoms with Gasteiger partial charge in [0.15, 0.2) is 0 Å². The molecule has 1 heterocycles. The summed E-state index contributed by atoms with van der Waals surface area (Å²) in [5.41, 5.74) is 1.41. The largest absolute Gasteiger partial charge is 0.377 e. The predicted molar refractivity (Wildman–Crippen MR) is 53.8 cm³/mol. The van der Waals surface area contributed by atoms with Gasteiger partial charge in [0.25, 0.3) is 0 Å². The first-order valence-electron chi connectivity index (χ1n) is 4.42. The van der Waals surface area contributed by atoms with E-state index in [9.17, 15) is 0 Å². The molecule has 1 aliphatic heterocycles. The van der Waals surface area contributed by atoms with Crippen molar-refractivity contribution in [2.75, 3.05) is 13.6 Å². The molecule has 0 aliphatic carbocycles. The molecule has 0 amide bonds. The lowest BCUT2D eigenvalue weighted by atomic mass is 10.0. The summed E-state index contributed by atoms with van der Waals surface area (Å²) in [5.74, 6) is 0.551. The number of likely N-dealkylation sites (N-methyl/N-ethyl adjacent to an activating group) is 1. The highest BCUT2D eigenvalue weighted by atomic mass is 15.1. The Kier molecular flexibility index (Phi) is 3.15. The summed E-state index contributed by atoms with van der Waals surface area (Å²) in [4.78, 5) is 2.20. The number of hydrogen-bond acceptors (Lipinski definition) is 1. The van der Waals surface area contributed by atoms with Gasteiger partial charge < -0.3 is 4.90 Å². The molecule has 0 aromatic rings. The van der Waals surface area contributed by atoms with E-state index in [4.69, 9.17) is 0 Å². The van der Waals surface area contributed by atoms with Crippen LogP contribution in [0.5, 0.6) is 0 Å². The predicted octanol–water partition coefficient (Wildman–Crippen LogP) is 2.58. The second kappa shape index (κ2) is 4.15. The molecule has 0 bridgehead atoms. The maximum absolute atomic E-state index is 2.22. The average molecular weight is 163 g/mol. The maximum atomic E-state index is 2.22. The standard InChI is InChI=1S/C11H17N/c1-10-7-5-4-6-8-12(3)9-11(10)2/h4-7,9-10H,8H2,1-3H3/b6-4-,7-5-,11-9-. The second-order valence-electron chi connectivity index (χ2n) is 3.41. The minimum atomic E-state index is 0.551. The molecule has 66 valence electrons. The summed E-state index contributed by atoms with van der Waals surface area (Å²) in [6, 6.07) is 0. The highest BCUT2D eigenvalue weighted by Crippen LogP contribution is 2.12. The van der Waals surface area contributed by atoms with Crippen LogP contribution in [0.15, 0.2) is 36.1 Å². The van der Waals surface area contributed by atoms with Gasteiger partial charge in [-0.05, 0) is 19.0 Å². The van der Waals surface area contributed by atoms with Crippen molar-refractivity contribution in [2.45, 2.75) is 13.8 Å². The van der Waals surface area contributed by atoms with E-state index in [1.807, 2.05) is 0 Å². The van der Waals surface area contributed by atoms with Crippen LogP contribution in [-0.2, 0) is 0 Å². The van der Waals surface area contributed by atoms with Gasteiger partial charge in [-0.25, -0.2) is 0 Å². The van der Waals surface area contributed by atoms with Gasteiger partial charge in [0.2, 0.25) is 0 Å². The summed E-state index contributed by atoms with van der Waals surface area (Å²) in [6.45, 7) is 5.39. The SMILES string of the molecule is C/C1=C/N(C)C/C=C\C=C/C1C. The zero-order valence-electron chi connectivity index (χ0n) is 8.12. The van der Waals surface area contributed by atoms with Crippen LogP contribution in [0, 0.1) is 5.92 Å². The summed E-state index contributed by atoms with van der Waals surface area (Å²) >= 11 is 0. The first kappa shape index (κ1) is 9.11. The summed E-state index contributed by atoms with van der Waals surface area (Å²) < 4.78 is 0. The lowest BCUT2D eigenvalue weighted by Gasteiger charge is -2.14. The van der Waals surface area contributed by atoms with E-state index in [1.165, 1.54) is 5.57 Å². The van der Waals surface area contributed by atoms with Gasteiger partial charge in [0.05, 0.1) is 0 Å². The zero-order valence-corrected chi connectivity index (χ0v) is 8.12. The van der Waals surface area contributed by atoms with Crippen molar-refractivity contribution in [3.63, 3.8) is 0 Å². The van der Waals surface area contributed by atoms with Crippen LogP contribution in [-0.4, -0.2) is 18.5 Å². The van der Waals surface area contributed by atoms with Gasteiger partial charge in [0, 0.05) is 13.6 Å². The van der Waals surface area contributed by atoms with E-state index in [2.05, 4.69) is 56.3 Å². The minimum absolute atomic E-state index is 0.551. The Hall–Kier alpha value is -0.980. The van der Waals surface area contributed by atoms with Crippen LogP contribution >= 0.6 is 0 Å². The lowest BCUT2D eigenvalue weighted by molar-refractivity contribution is 0.500. The Balaban J connectivity index is 2.79. The highest BCUT2D eigenvalue weighted by molar-refractivity contribution is 5.15. The Morgan fingerprint density at radius 1 is 1.42 bits per heavy atom. The average Bonchev–Trinajstić information content (AvgIpc) is 2.07. The number of nitrogens with zero attached hydrogens (tertiary/aromatic N) is 1. The normalized spacial score (nSPS) is 34.1. The molecule has 0 aromatic carbocycles. The second-order valence-corrected chi connectivity index (χ2v) is 3.41. The molecule has 1 unspecified atom stereocenters. The summed E-state index contributed by atoms with van der Waals surface area (Å²) in [7, 11) is 2.10. The third kappa shape index (κ3) is 2.57. The van der Waals surface area contributed by atoms with Gasteiger partial charge >= 0.3 is 0 Å². The van der Waals surface area contributed by atoms with Crippen molar-refractivity contribution in [1.29, 1.82) is 0 Å². The monoisotopic (exact) mass is 163 g/mol. The van der Waals surface area contributed by atoms with Crippen molar-refractivity contribution >= 4 is 0 Å². The number of hydrogen-bond donors (Lipinski definition) is 0. The van der Waals surface area contributed by atoms with E-state index < -0.39 is 0 Å².